The van der Waals surface area contributed by atoms with E-state index in [4.69, 9.17) is 5.73 Å². The quantitative estimate of drug-likeness (QED) is 0.741. The van der Waals surface area contributed by atoms with Crippen LogP contribution < -0.4 is 5.73 Å². The van der Waals surface area contributed by atoms with Gasteiger partial charge < -0.3 is 5.73 Å². The van der Waals surface area contributed by atoms with Crippen LogP contribution in [0, 0.1) is 0 Å². The smallest absolute Gasteiger partial charge is 0.240 e. The molecule has 0 radical (unpaired) electrons. The molecule has 5 heteroatoms. The summed E-state index contributed by atoms with van der Waals surface area (Å²) in [5.41, 5.74) is 6.14. The summed E-state index contributed by atoms with van der Waals surface area (Å²) >= 11 is 0. The number of aryl methyl sites for hydroxylation is 1. The minimum atomic E-state index is -2.28. The molecule has 68 valence electrons. The summed E-state index contributed by atoms with van der Waals surface area (Å²) in [5.74, 6) is 0. The molecular weight excluding hydrogens is 164 g/mol. The van der Waals surface area contributed by atoms with Crippen molar-refractivity contribution in [2.45, 2.75) is 25.9 Å². The van der Waals surface area contributed by atoms with Gasteiger partial charge in [0.2, 0.25) is 6.43 Å². The molecule has 0 aliphatic heterocycles. The lowest BCUT2D eigenvalue weighted by molar-refractivity contribution is 0.129. The Balaban J connectivity index is 2.50. The summed E-state index contributed by atoms with van der Waals surface area (Å²) in [6, 6.07) is 1.73. The van der Waals surface area contributed by atoms with E-state index in [2.05, 4.69) is 5.10 Å². The van der Waals surface area contributed by atoms with Crippen molar-refractivity contribution >= 4 is 0 Å². The van der Waals surface area contributed by atoms with E-state index >= 15 is 0 Å². The largest absolute Gasteiger partial charge is 0.325 e. The van der Waals surface area contributed by atoms with Crippen molar-refractivity contribution in [2.75, 3.05) is 0 Å². The molecule has 0 aromatic carbocycles. The molecule has 1 heterocycles. The van der Waals surface area contributed by atoms with Gasteiger partial charge in [0.05, 0.1) is 5.69 Å². The lowest BCUT2D eigenvalue weighted by Gasteiger charge is -2.04. The van der Waals surface area contributed by atoms with E-state index in [1.807, 2.05) is 0 Å². The van der Waals surface area contributed by atoms with E-state index in [1.165, 1.54) is 4.68 Å². The molecule has 0 aliphatic rings. The summed E-state index contributed by atoms with van der Waals surface area (Å²) in [6.07, 6.45) is -0.887. The molecule has 12 heavy (non-hydrogen) atoms. The summed E-state index contributed by atoms with van der Waals surface area (Å²) in [6.45, 7) is 0.570. The zero-order valence-electron chi connectivity index (χ0n) is 6.58. The van der Waals surface area contributed by atoms with E-state index in [9.17, 15) is 8.78 Å². The molecule has 0 fully saturated rings. The molecular formula is C7H11F2N3. The monoisotopic (exact) mass is 175 g/mol. The molecule has 0 bridgehead atoms. The van der Waals surface area contributed by atoms with Crippen LogP contribution in [0.4, 0.5) is 8.78 Å². The van der Waals surface area contributed by atoms with Gasteiger partial charge >= 0.3 is 0 Å². The van der Waals surface area contributed by atoms with Gasteiger partial charge in [0.15, 0.2) is 0 Å². The second kappa shape index (κ2) is 4.15. The third-order valence-electron chi connectivity index (χ3n) is 1.57. The van der Waals surface area contributed by atoms with Crippen molar-refractivity contribution in [1.29, 1.82) is 0 Å². The van der Waals surface area contributed by atoms with Crippen molar-refractivity contribution in [3.63, 3.8) is 0 Å². The molecule has 0 saturated carbocycles. The number of aromatic nitrogens is 2. The fourth-order valence-corrected chi connectivity index (χ4v) is 0.955. The number of alkyl halides is 2. The Morgan fingerprint density at radius 1 is 1.58 bits per heavy atom. The minimum Gasteiger partial charge on any atom is -0.325 e. The molecule has 1 rings (SSSR count). The highest BCUT2D eigenvalue weighted by atomic mass is 19.3. The number of nitrogens with zero attached hydrogens (tertiary/aromatic N) is 2. The number of nitrogens with two attached hydrogens (primary N) is 1. The number of hydrogen-bond donors (Lipinski definition) is 1. The molecule has 0 atom stereocenters. The lowest BCUT2D eigenvalue weighted by Crippen LogP contribution is -2.10. The SMILES string of the molecule is NCc1ccnn1CCC(F)F. The van der Waals surface area contributed by atoms with Gasteiger partial charge in [-0.2, -0.15) is 5.10 Å². The summed E-state index contributed by atoms with van der Waals surface area (Å²) < 4.78 is 25.1. The van der Waals surface area contributed by atoms with Crippen molar-refractivity contribution in [3.8, 4) is 0 Å². The van der Waals surface area contributed by atoms with Crippen LogP contribution in [0.2, 0.25) is 0 Å². The topological polar surface area (TPSA) is 43.8 Å². The van der Waals surface area contributed by atoms with Crippen LogP contribution in [-0.4, -0.2) is 16.2 Å². The Kier molecular flexibility index (Phi) is 3.16. The third-order valence-corrected chi connectivity index (χ3v) is 1.57. The molecule has 0 aliphatic carbocycles. The highest BCUT2D eigenvalue weighted by molar-refractivity contribution is 4.99. The van der Waals surface area contributed by atoms with Crippen LogP contribution in [0.5, 0.6) is 0 Å². The van der Waals surface area contributed by atoms with Gasteiger partial charge in [-0.05, 0) is 6.07 Å². The maximum Gasteiger partial charge on any atom is 0.240 e. The molecule has 1 aromatic rings. The number of hydrogen-bond acceptors (Lipinski definition) is 2. The van der Waals surface area contributed by atoms with Gasteiger partial charge in [0, 0.05) is 25.7 Å². The van der Waals surface area contributed by atoms with Crippen LogP contribution in [0.15, 0.2) is 12.3 Å². The molecule has 0 spiro atoms. The summed E-state index contributed by atoms with van der Waals surface area (Å²) in [5, 5.41) is 3.86. The normalized spacial score (nSPS) is 11.0. The predicted molar refractivity (Wildman–Crippen MR) is 40.7 cm³/mol. The Morgan fingerprint density at radius 3 is 2.92 bits per heavy atom. The van der Waals surface area contributed by atoms with Crippen molar-refractivity contribution < 1.29 is 8.78 Å². The molecule has 2 N–H and O–H groups in total. The van der Waals surface area contributed by atoms with Crippen LogP contribution in [0.3, 0.4) is 0 Å². The fraction of sp³-hybridized carbons (Fsp3) is 0.571. The standard InChI is InChI=1S/C7H11F2N3/c8-7(9)2-4-12-6(5-10)1-3-11-12/h1,3,7H,2,4-5,10H2. The Morgan fingerprint density at radius 2 is 2.33 bits per heavy atom. The minimum absolute atomic E-state index is 0.172. The van der Waals surface area contributed by atoms with Crippen LogP contribution in [0.1, 0.15) is 12.1 Å². The second-order valence-corrected chi connectivity index (χ2v) is 2.43. The maximum absolute atomic E-state index is 11.8. The first-order chi connectivity index (χ1) is 5.74. The van der Waals surface area contributed by atoms with Gasteiger partial charge in [-0.15, -0.1) is 0 Å². The van der Waals surface area contributed by atoms with Gasteiger partial charge in [-0.1, -0.05) is 0 Å². The zero-order valence-corrected chi connectivity index (χ0v) is 6.58. The van der Waals surface area contributed by atoms with Gasteiger partial charge in [-0.3, -0.25) is 4.68 Å². The Labute approximate surface area is 69.2 Å². The highest BCUT2D eigenvalue weighted by Crippen LogP contribution is 2.04. The van der Waals surface area contributed by atoms with Crippen LogP contribution >= 0.6 is 0 Å². The first kappa shape index (κ1) is 9.12. The summed E-state index contributed by atoms with van der Waals surface area (Å²) in [4.78, 5) is 0. The van der Waals surface area contributed by atoms with Gasteiger partial charge in [-0.25, -0.2) is 8.78 Å². The van der Waals surface area contributed by atoms with E-state index in [0.29, 0.717) is 6.54 Å². The van der Waals surface area contributed by atoms with Gasteiger partial charge in [0.25, 0.3) is 0 Å². The van der Waals surface area contributed by atoms with Crippen molar-refractivity contribution in [1.82, 2.24) is 9.78 Å². The van der Waals surface area contributed by atoms with E-state index in [1.54, 1.807) is 12.3 Å². The third kappa shape index (κ3) is 2.27. The van der Waals surface area contributed by atoms with Crippen molar-refractivity contribution in [2.24, 2.45) is 5.73 Å². The summed E-state index contributed by atoms with van der Waals surface area (Å²) in [7, 11) is 0. The number of rotatable bonds is 4. The van der Waals surface area contributed by atoms with E-state index in [-0.39, 0.29) is 13.0 Å². The highest BCUT2D eigenvalue weighted by Gasteiger charge is 2.05. The molecule has 1 aromatic heterocycles. The van der Waals surface area contributed by atoms with Gasteiger partial charge in [0.1, 0.15) is 0 Å². The molecule has 3 nitrogen and oxygen atoms in total. The second-order valence-electron chi connectivity index (χ2n) is 2.43. The average molecular weight is 175 g/mol. The fourth-order valence-electron chi connectivity index (χ4n) is 0.955. The molecule has 0 saturated heterocycles. The predicted octanol–water partition coefficient (Wildman–Crippen LogP) is 0.997. The first-order valence-electron chi connectivity index (χ1n) is 3.73. The lowest BCUT2D eigenvalue weighted by atomic mass is 10.4. The Bertz CT molecular complexity index is 234. The van der Waals surface area contributed by atoms with Crippen LogP contribution in [-0.2, 0) is 13.1 Å². The maximum atomic E-state index is 11.8. The molecule has 0 amide bonds. The van der Waals surface area contributed by atoms with E-state index in [0.717, 1.165) is 5.69 Å². The zero-order chi connectivity index (χ0) is 8.97. The molecule has 0 unspecified atom stereocenters. The van der Waals surface area contributed by atoms with Crippen LogP contribution in [0.25, 0.3) is 0 Å². The average Bonchev–Trinajstić information content (AvgIpc) is 2.47. The Hall–Kier alpha value is -0.970. The first-order valence-corrected chi connectivity index (χ1v) is 3.73. The van der Waals surface area contributed by atoms with E-state index < -0.39 is 6.43 Å². The van der Waals surface area contributed by atoms with Crippen molar-refractivity contribution in [3.05, 3.63) is 18.0 Å². The number of halogens is 2.